The number of thiophene rings is 1. The number of nitrogens with zero attached hydrogens (tertiary/aromatic N) is 2. The van der Waals surface area contributed by atoms with E-state index in [0.717, 1.165) is 29.7 Å². The van der Waals surface area contributed by atoms with Gasteiger partial charge in [-0.15, -0.1) is 11.3 Å². The molecule has 2 aromatic carbocycles. The number of rotatable bonds is 8. The quantitative estimate of drug-likeness (QED) is 0.365. The van der Waals surface area contributed by atoms with E-state index < -0.39 is 0 Å². The fourth-order valence-electron chi connectivity index (χ4n) is 4.43. The van der Waals surface area contributed by atoms with Crippen LogP contribution < -0.4 is 4.74 Å². The topological polar surface area (TPSA) is 49.9 Å². The first-order chi connectivity index (χ1) is 16.9. The van der Waals surface area contributed by atoms with Gasteiger partial charge >= 0.3 is 0 Å². The van der Waals surface area contributed by atoms with Crippen LogP contribution in [0.2, 0.25) is 5.02 Å². The molecule has 0 N–H and O–H groups in total. The lowest BCUT2D eigenvalue weighted by Crippen LogP contribution is -2.49. The molecule has 184 valence electrons. The Morgan fingerprint density at radius 2 is 2.00 bits per heavy atom. The van der Waals surface area contributed by atoms with Gasteiger partial charge in [0, 0.05) is 28.0 Å². The van der Waals surface area contributed by atoms with E-state index >= 15 is 0 Å². The van der Waals surface area contributed by atoms with Crippen LogP contribution in [0.4, 0.5) is 0 Å². The van der Waals surface area contributed by atoms with Crippen LogP contribution in [-0.4, -0.2) is 47.4 Å². The van der Waals surface area contributed by atoms with Crippen molar-refractivity contribution in [2.24, 2.45) is 0 Å². The van der Waals surface area contributed by atoms with Crippen molar-refractivity contribution in [3.05, 3.63) is 86.6 Å². The van der Waals surface area contributed by atoms with Crippen molar-refractivity contribution in [2.75, 3.05) is 19.7 Å². The predicted octanol–water partition coefficient (Wildman–Crippen LogP) is 6.16. The van der Waals surface area contributed by atoms with E-state index in [-0.39, 0.29) is 30.4 Å². The van der Waals surface area contributed by atoms with E-state index in [1.807, 2.05) is 49.9 Å². The smallest absolute Gasteiger partial charge is 0.254 e. The number of para-hydroxylation sites is 1. The zero-order valence-corrected chi connectivity index (χ0v) is 21.9. The highest BCUT2D eigenvalue weighted by molar-refractivity contribution is 7.10. The molecule has 2 atom stereocenters. The second kappa shape index (κ2) is 11.3. The Morgan fingerprint density at radius 1 is 1.20 bits per heavy atom. The molecule has 0 aliphatic carbocycles. The number of halogens is 1. The largest absolute Gasteiger partial charge is 0.491 e. The summed E-state index contributed by atoms with van der Waals surface area (Å²) in [4.78, 5) is 31.9. The number of fused-ring (bicyclic) bond motifs is 1. The number of carbonyl (C=O) groups is 2. The lowest BCUT2D eigenvalue weighted by Gasteiger charge is -2.38. The molecule has 1 aromatic heterocycles. The van der Waals surface area contributed by atoms with Crippen molar-refractivity contribution in [3.63, 3.8) is 0 Å². The number of hydrogen-bond donors (Lipinski definition) is 0. The fraction of sp³-hybridized carbons (Fsp3) is 0.357. The van der Waals surface area contributed by atoms with Crippen LogP contribution in [0.3, 0.4) is 0 Å². The Balaban J connectivity index is 1.56. The van der Waals surface area contributed by atoms with Gasteiger partial charge in [0.15, 0.2) is 0 Å². The molecule has 0 unspecified atom stereocenters. The molecule has 0 radical (unpaired) electrons. The van der Waals surface area contributed by atoms with E-state index in [9.17, 15) is 9.59 Å². The molecular formula is C28H31ClN2O3S. The van der Waals surface area contributed by atoms with Gasteiger partial charge in [0.1, 0.15) is 18.9 Å². The molecule has 3 aromatic rings. The Hall–Kier alpha value is -2.83. The van der Waals surface area contributed by atoms with Crippen LogP contribution in [0.1, 0.15) is 52.7 Å². The van der Waals surface area contributed by atoms with E-state index in [1.165, 1.54) is 4.88 Å². The SMILES string of the molecule is CC[C@H](C)N(CC(=O)N1CCc2sccc2[C@@H]1COc1ccccc1C)C(=O)c1cccc(Cl)c1. The van der Waals surface area contributed by atoms with Crippen molar-refractivity contribution in [1.29, 1.82) is 0 Å². The van der Waals surface area contributed by atoms with Gasteiger partial charge in [0.2, 0.25) is 5.91 Å². The summed E-state index contributed by atoms with van der Waals surface area (Å²) in [7, 11) is 0. The lowest BCUT2D eigenvalue weighted by atomic mass is 10.00. The zero-order valence-electron chi connectivity index (χ0n) is 20.4. The molecular weight excluding hydrogens is 480 g/mol. The number of hydrogen-bond acceptors (Lipinski definition) is 4. The normalized spacial score (nSPS) is 15.9. The third kappa shape index (κ3) is 5.71. The average molecular weight is 511 g/mol. The molecule has 7 heteroatoms. The van der Waals surface area contributed by atoms with Crippen LogP contribution in [0.5, 0.6) is 5.75 Å². The minimum atomic E-state index is -0.197. The molecule has 0 saturated heterocycles. The van der Waals surface area contributed by atoms with Gasteiger partial charge in [-0.25, -0.2) is 0 Å². The molecule has 35 heavy (non-hydrogen) atoms. The zero-order chi connectivity index (χ0) is 24.9. The number of benzene rings is 2. The highest BCUT2D eigenvalue weighted by atomic mass is 35.5. The van der Waals surface area contributed by atoms with E-state index in [1.54, 1.807) is 40.5 Å². The first-order valence-corrected chi connectivity index (χ1v) is 13.3. The highest BCUT2D eigenvalue weighted by Gasteiger charge is 2.34. The van der Waals surface area contributed by atoms with Gasteiger partial charge in [-0.1, -0.05) is 42.8 Å². The average Bonchev–Trinajstić information content (AvgIpc) is 3.35. The highest BCUT2D eigenvalue weighted by Crippen LogP contribution is 2.34. The number of aryl methyl sites for hydroxylation is 1. The molecule has 1 aliphatic heterocycles. The Morgan fingerprint density at radius 3 is 2.74 bits per heavy atom. The molecule has 0 fully saturated rings. The molecule has 5 nitrogen and oxygen atoms in total. The lowest BCUT2D eigenvalue weighted by molar-refractivity contribution is -0.136. The van der Waals surface area contributed by atoms with Crippen LogP contribution in [0, 0.1) is 6.92 Å². The second-order valence-electron chi connectivity index (χ2n) is 8.93. The Bertz CT molecular complexity index is 1190. The molecule has 2 amide bonds. The van der Waals surface area contributed by atoms with Gasteiger partial charge in [-0.3, -0.25) is 9.59 Å². The molecule has 0 bridgehead atoms. The third-order valence-electron chi connectivity index (χ3n) is 6.67. The third-order valence-corrected chi connectivity index (χ3v) is 7.90. The van der Waals surface area contributed by atoms with Crippen molar-refractivity contribution in [1.82, 2.24) is 9.80 Å². The molecule has 0 saturated carbocycles. The summed E-state index contributed by atoms with van der Waals surface area (Å²) < 4.78 is 6.20. The van der Waals surface area contributed by atoms with Gasteiger partial charge in [-0.05, 0) is 73.5 Å². The first kappa shape index (κ1) is 25.3. The van der Waals surface area contributed by atoms with Crippen molar-refractivity contribution >= 4 is 34.8 Å². The second-order valence-corrected chi connectivity index (χ2v) is 10.4. The molecule has 2 heterocycles. The summed E-state index contributed by atoms with van der Waals surface area (Å²) in [5.74, 6) is 0.562. The minimum absolute atomic E-state index is 0.0146. The van der Waals surface area contributed by atoms with Gasteiger partial charge in [0.05, 0.1) is 6.04 Å². The number of amides is 2. The van der Waals surface area contributed by atoms with Crippen LogP contribution >= 0.6 is 22.9 Å². The summed E-state index contributed by atoms with van der Waals surface area (Å²) in [5, 5.41) is 2.58. The first-order valence-electron chi connectivity index (χ1n) is 12.0. The van der Waals surface area contributed by atoms with Gasteiger partial charge < -0.3 is 14.5 Å². The van der Waals surface area contributed by atoms with Crippen LogP contribution in [0.15, 0.2) is 60.0 Å². The maximum atomic E-state index is 13.7. The minimum Gasteiger partial charge on any atom is -0.491 e. The molecule has 0 spiro atoms. The van der Waals surface area contributed by atoms with Gasteiger partial charge in [0.25, 0.3) is 5.91 Å². The monoisotopic (exact) mass is 510 g/mol. The Labute approximate surface area is 216 Å². The maximum absolute atomic E-state index is 13.7. The summed E-state index contributed by atoms with van der Waals surface area (Å²) in [6, 6.07) is 16.6. The summed E-state index contributed by atoms with van der Waals surface area (Å²) in [6.07, 6.45) is 1.55. The van der Waals surface area contributed by atoms with E-state index in [4.69, 9.17) is 16.3 Å². The summed E-state index contributed by atoms with van der Waals surface area (Å²) in [5.41, 5.74) is 2.69. The van der Waals surface area contributed by atoms with Crippen molar-refractivity contribution in [3.8, 4) is 5.75 Å². The van der Waals surface area contributed by atoms with Gasteiger partial charge in [-0.2, -0.15) is 0 Å². The van der Waals surface area contributed by atoms with E-state index in [0.29, 0.717) is 23.7 Å². The summed E-state index contributed by atoms with van der Waals surface area (Å²) >= 11 is 7.85. The number of ether oxygens (including phenoxy) is 1. The summed E-state index contributed by atoms with van der Waals surface area (Å²) in [6.45, 7) is 6.99. The standard InChI is InChI=1S/C28H31ClN2O3S/c1-4-20(3)31(28(33)21-9-7-10-22(29)16-21)17-27(32)30-14-12-26-23(13-15-35-26)24(30)18-34-25-11-6-5-8-19(25)2/h5-11,13,15-16,20,24H,4,12,14,17-18H2,1-3H3/t20-,24-/m0/s1. The van der Waals surface area contributed by atoms with Crippen molar-refractivity contribution in [2.45, 2.75) is 45.7 Å². The fourth-order valence-corrected chi connectivity index (χ4v) is 5.55. The Kier molecular flexibility index (Phi) is 8.14. The van der Waals surface area contributed by atoms with Crippen LogP contribution in [-0.2, 0) is 11.2 Å². The van der Waals surface area contributed by atoms with E-state index in [2.05, 4.69) is 11.4 Å². The molecule has 1 aliphatic rings. The number of carbonyl (C=O) groups excluding carboxylic acids is 2. The predicted molar refractivity (Wildman–Crippen MR) is 141 cm³/mol. The maximum Gasteiger partial charge on any atom is 0.254 e. The van der Waals surface area contributed by atoms with Crippen molar-refractivity contribution < 1.29 is 14.3 Å². The molecule has 4 rings (SSSR count). The van der Waals surface area contributed by atoms with Crippen LogP contribution in [0.25, 0.3) is 0 Å².